The van der Waals surface area contributed by atoms with E-state index in [-0.39, 0.29) is 23.3 Å². The number of imide groups is 1. The molecule has 36 heavy (non-hydrogen) atoms. The highest BCUT2D eigenvalue weighted by Crippen LogP contribution is 2.33. The summed E-state index contributed by atoms with van der Waals surface area (Å²) in [5.41, 5.74) is 4.23. The Balaban J connectivity index is 1.21. The fraction of sp³-hybridized carbons (Fsp3) is 0.250. The van der Waals surface area contributed by atoms with E-state index in [0.717, 1.165) is 35.4 Å². The van der Waals surface area contributed by atoms with E-state index >= 15 is 0 Å². The summed E-state index contributed by atoms with van der Waals surface area (Å²) >= 11 is 0. The Bertz CT molecular complexity index is 1550. The number of benzene rings is 2. The Morgan fingerprint density at radius 3 is 2.47 bits per heavy atom. The zero-order valence-electron chi connectivity index (χ0n) is 20.1. The zero-order valence-corrected chi connectivity index (χ0v) is 20.1. The van der Waals surface area contributed by atoms with E-state index < -0.39 is 5.91 Å². The molecule has 0 aliphatic carbocycles. The molecule has 180 valence electrons. The molecule has 6 rings (SSSR count). The summed E-state index contributed by atoms with van der Waals surface area (Å²) in [6.07, 6.45) is 3.53. The van der Waals surface area contributed by atoms with Crippen molar-refractivity contribution in [3.05, 3.63) is 94.4 Å². The zero-order chi connectivity index (χ0) is 25.0. The number of fused-ring (bicyclic) bond motifs is 2. The Morgan fingerprint density at radius 2 is 1.67 bits per heavy atom. The second-order valence-corrected chi connectivity index (χ2v) is 9.55. The van der Waals surface area contributed by atoms with Gasteiger partial charge in [0.05, 0.1) is 16.8 Å². The lowest BCUT2D eigenvalue weighted by Gasteiger charge is -2.31. The van der Waals surface area contributed by atoms with Crippen LogP contribution in [-0.4, -0.2) is 50.3 Å². The topological polar surface area (TPSA) is 87.9 Å². The maximum Gasteiger partial charge on any atom is 0.266 e. The summed E-state index contributed by atoms with van der Waals surface area (Å²) in [6, 6.07) is 16.3. The first kappa shape index (κ1) is 22.2. The molecule has 4 aromatic rings. The number of rotatable bonds is 3. The van der Waals surface area contributed by atoms with Gasteiger partial charge in [0.15, 0.2) is 5.65 Å². The van der Waals surface area contributed by atoms with Crippen LogP contribution in [0.3, 0.4) is 0 Å². The fourth-order valence-corrected chi connectivity index (χ4v) is 5.21. The van der Waals surface area contributed by atoms with Crippen LogP contribution >= 0.6 is 0 Å². The molecule has 2 aliphatic heterocycles. The molecule has 0 radical (unpaired) electrons. The average Bonchev–Trinajstić information content (AvgIpc) is 3.44. The highest BCUT2D eigenvalue weighted by molar-refractivity contribution is 6.35. The van der Waals surface area contributed by atoms with E-state index in [1.165, 1.54) is 4.90 Å². The molecule has 0 saturated carbocycles. The van der Waals surface area contributed by atoms with Gasteiger partial charge in [-0.05, 0) is 74.2 Å². The van der Waals surface area contributed by atoms with Crippen LogP contribution in [0.5, 0.6) is 0 Å². The van der Waals surface area contributed by atoms with Crippen LogP contribution in [0.15, 0.2) is 60.8 Å². The van der Waals surface area contributed by atoms with Gasteiger partial charge in [-0.15, -0.1) is 10.2 Å². The van der Waals surface area contributed by atoms with Gasteiger partial charge in [-0.1, -0.05) is 18.2 Å². The molecular formula is C28H25N5O3. The summed E-state index contributed by atoms with van der Waals surface area (Å²) in [5, 5.41) is 8.63. The van der Waals surface area contributed by atoms with Gasteiger partial charge >= 0.3 is 0 Å². The van der Waals surface area contributed by atoms with Crippen LogP contribution in [0.2, 0.25) is 0 Å². The molecule has 8 nitrogen and oxygen atoms in total. The van der Waals surface area contributed by atoms with Gasteiger partial charge in [0, 0.05) is 30.8 Å². The Morgan fingerprint density at radius 1 is 0.889 bits per heavy atom. The summed E-state index contributed by atoms with van der Waals surface area (Å²) in [7, 11) is 0. The third-order valence-electron chi connectivity index (χ3n) is 7.23. The van der Waals surface area contributed by atoms with E-state index in [9.17, 15) is 14.4 Å². The van der Waals surface area contributed by atoms with Crippen LogP contribution in [0.25, 0.3) is 5.65 Å². The second kappa shape index (κ2) is 8.41. The molecule has 0 unspecified atom stereocenters. The smallest absolute Gasteiger partial charge is 0.266 e. The minimum atomic E-state index is -0.393. The number of anilines is 1. The number of piperidine rings is 1. The van der Waals surface area contributed by atoms with E-state index in [2.05, 4.69) is 10.2 Å². The van der Waals surface area contributed by atoms with Crippen molar-refractivity contribution in [3.8, 4) is 0 Å². The maximum absolute atomic E-state index is 13.3. The third kappa shape index (κ3) is 3.48. The van der Waals surface area contributed by atoms with Crippen molar-refractivity contribution in [3.63, 3.8) is 0 Å². The number of pyridine rings is 1. The van der Waals surface area contributed by atoms with E-state index in [0.29, 0.717) is 29.9 Å². The first-order valence-electron chi connectivity index (χ1n) is 12.1. The van der Waals surface area contributed by atoms with Gasteiger partial charge in [-0.3, -0.25) is 18.8 Å². The van der Waals surface area contributed by atoms with E-state index in [1.807, 2.05) is 65.7 Å². The van der Waals surface area contributed by atoms with E-state index in [4.69, 9.17) is 0 Å². The monoisotopic (exact) mass is 479 g/mol. The standard InChI is InChI=1S/C28H25N5O3/c1-17-6-7-18(2)23(15-17)33-27(35)21-9-8-20(16-22(21)28(33)36)26(34)31-13-10-19(11-14-31)25-30-29-24-5-3-4-12-32(24)25/h3-9,12,15-16,19H,10-11,13-14H2,1-2H3. The SMILES string of the molecule is Cc1ccc(C)c(N2C(=O)c3ccc(C(=O)N4CCC(c5nnc6ccccn56)CC4)cc3C2=O)c1. The predicted molar refractivity (Wildman–Crippen MR) is 134 cm³/mol. The van der Waals surface area contributed by atoms with Crippen LogP contribution in [-0.2, 0) is 0 Å². The number of hydrogen-bond donors (Lipinski definition) is 0. The Hall–Kier alpha value is -4.33. The lowest BCUT2D eigenvalue weighted by molar-refractivity contribution is 0.0710. The van der Waals surface area contributed by atoms with Crippen LogP contribution in [0, 0.1) is 13.8 Å². The van der Waals surface area contributed by atoms with Gasteiger partial charge in [0.2, 0.25) is 0 Å². The second-order valence-electron chi connectivity index (χ2n) is 9.55. The molecule has 1 fully saturated rings. The van der Waals surface area contributed by atoms with Crippen molar-refractivity contribution in [1.29, 1.82) is 0 Å². The number of likely N-dealkylation sites (tertiary alicyclic amines) is 1. The van der Waals surface area contributed by atoms with Crippen molar-refractivity contribution in [2.75, 3.05) is 18.0 Å². The minimum Gasteiger partial charge on any atom is -0.339 e. The van der Waals surface area contributed by atoms with Gasteiger partial charge in [0.1, 0.15) is 5.82 Å². The van der Waals surface area contributed by atoms with Crippen LogP contribution in [0.1, 0.15) is 66.8 Å². The molecule has 2 aliphatic rings. The number of carbonyl (C=O) groups excluding carboxylic acids is 3. The summed E-state index contributed by atoms with van der Waals surface area (Å²) in [4.78, 5) is 42.7. The number of hydrogen-bond acceptors (Lipinski definition) is 5. The molecule has 1 saturated heterocycles. The highest BCUT2D eigenvalue weighted by Gasteiger charge is 2.38. The molecular weight excluding hydrogens is 454 g/mol. The van der Waals surface area contributed by atoms with Crippen LogP contribution in [0.4, 0.5) is 5.69 Å². The third-order valence-corrected chi connectivity index (χ3v) is 7.23. The molecule has 0 atom stereocenters. The minimum absolute atomic E-state index is 0.132. The molecule has 8 heteroatoms. The van der Waals surface area contributed by atoms with Crippen LogP contribution < -0.4 is 4.90 Å². The first-order valence-corrected chi connectivity index (χ1v) is 12.1. The number of aromatic nitrogens is 3. The van der Waals surface area contributed by atoms with Gasteiger partial charge in [-0.2, -0.15) is 0 Å². The maximum atomic E-state index is 13.3. The van der Waals surface area contributed by atoms with Crippen molar-refractivity contribution in [2.45, 2.75) is 32.6 Å². The van der Waals surface area contributed by atoms with Crippen molar-refractivity contribution in [1.82, 2.24) is 19.5 Å². The normalized spacial score (nSPS) is 16.2. The molecule has 4 heterocycles. The molecule has 2 aromatic carbocycles. The molecule has 0 spiro atoms. The average molecular weight is 480 g/mol. The molecule has 2 aromatic heterocycles. The summed E-state index contributed by atoms with van der Waals surface area (Å²) < 4.78 is 2.01. The number of carbonyl (C=O) groups is 3. The summed E-state index contributed by atoms with van der Waals surface area (Å²) in [6.45, 7) is 4.97. The quantitative estimate of drug-likeness (QED) is 0.412. The largest absolute Gasteiger partial charge is 0.339 e. The predicted octanol–water partition coefficient (Wildman–Crippen LogP) is 4.17. The molecule has 3 amide bonds. The Labute approximate surface area is 208 Å². The lowest BCUT2D eigenvalue weighted by Crippen LogP contribution is -2.38. The van der Waals surface area contributed by atoms with Crippen molar-refractivity contribution >= 4 is 29.1 Å². The first-order chi connectivity index (χ1) is 17.4. The lowest BCUT2D eigenvalue weighted by atomic mass is 9.95. The van der Waals surface area contributed by atoms with Gasteiger partial charge < -0.3 is 4.90 Å². The van der Waals surface area contributed by atoms with E-state index in [1.54, 1.807) is 18.2 Å². The molecule has 0 bridgehead atoms. The Kier molecular flexibility index (Phi) is 5.17. The number of nitrogens with zero attached hydrogens (tertiary/aromatic N) is 5. The molecule has 0 N–H and O–H groups in total. The van der Waals surface area contributed by atoms with Crippen molar-refractivity contribution in [2.24, 2.45) is 0 Å². The van der Waals surface area contributed by atoms with Crippen molar-refractivity contribution < 1.29 is 14.4 Å². The highest BCUT2D eigenvalue weighted by atomic mass is 16.2. The number of aryl methyl sites for hydroxylation is 2. The fourth-order valence-electron chi connectivity index (χ4n) is 5.21. The number of amides is 3. The summed E-state index contributed by atoms with van der Waals surface area (Å²) in [5.74, 6) is 0.259. The van der Waals surface area contributed by atoms with Gasteiger partial charge in [-0.25, -0.2) is 4.90 Å². The van der Waals surface area contributed by atoms with Gasteiger partial charge in [0.25, 0.3) is 17.7 Å².